The fourth-order valence-corrected chi connectivity index (χ4v) is 3.54. The van der Waals surface area contributed by atoms with E-state index in [4.69, 9.17) is 0 Å². The molecule has 0 aromatic heterocycles. The van der Waals surface area contributed by atoms with E-state index in [-0.39, 0.29) is 23.3 Å². The van der Waals surface area contributed by atoms with Crippen LogP contribution in [-0.4, -0.2) is 39.8 Å². The Bertz CT molecular complexity index is 327. The predicted octanol–water partition coefficient (Wildman–Crippen LogP) is 1.84. The highest BCUT2D eigenvalue weighted by molar-refractivity contribution is 9.09. The summed E-state index contributed by atoms with van der Waals surface area (Å²) < 4.78 is 0. The third kappa shape index (κ3) is 2.94. The van der Waals surface area contributed by atoms with E-state index in [0.717, 1.165) is 31.0 Å². The average molecular weight is 318 g/mol. The first-order valence-corrected chi connectivity index (χ1v) is 7.76. The smallest absolute Gasteiger partial charge is 0.229 e. The van der Waals surface area contributed by atoms with Crippen molar-refractivity contribution in [3.63, 3.8) is 0 Å². The van der Waals surface area contributed by atoms with E-state index in [1.54, 1.807) is 0 Å². The molecule has 0 aromatic carbocycles. The van der Waals surface area contributed by atoms with Gasteiger partial charge in [0.05, 0.1) is 6.10 Å². The van der Waals surface area contributed by atoms with Gasteiger partial charge in [-0.25, -0.2) is 0 Å². The first-order chi connectivity index (χ1) is 8.56. The van der Waals surface area contributed by atoms with Crippen molar-refractivity contribution in [2.75, 3.05) is 11.9 Å². The molecular weight excluding hydrogens is 298 g/mol. The van der Waals surface area contributed by atoms with Gasteiger partial charge in [-0.2, -0.15) is 0 Å². The number of nitrogens with zero attached hydrogens (tertiary/aromatic N) is 1. The number of imide groups is 1. The Hall–Kier alpha value is -0.420. The van der Waals surface area contributed by atoms with Crippen LogP contribution >= 0.6 is 15.9 Å². The number of likely N-dealkylation sites (tertiary alicyclic amines) is 1. The van der Waals surface area contributed by atoms with Crippen LogP contribution in [0.15, 0.2) is 0 Å². The zero-order valence-corrected chi connectivity index (χ0v) is 12.1. The maximum absolute atomic E-state index is 12.1. The minimum atomic E-state index is -0.328. The maximum atomic E-state index is 12.1. The van der Waals surface area contributed by atoms with Gasteiger partial charge in [0.15, 0.2) is 0 Å². The molecule has 18 heavy (non-hydrogen) atoms. The second-order valence-electron chi connectivity index (χ2n) is 5.59. The number of carbonyl (C=O) groups is 2. The van der Waals surface area contributed by atoms with Crippen molar-refractivity contribution in [2.45, 2.75) is 51.0 Å². The Morgan fingerprint density at radius 1 is 1.28 bits per heavy atom. The van der Waals surface area contributed by atoms with E-state index in [0.29, 0.717) is 25.8 Å². The number of carbonyl (C=O) groups excluding carboxylic acids is 2. The molecule has 2 aliphatic rings. The molecule has 1 heterocycles. The van der Waals surface area contributed by atoms with Crippen molar-refractivity contribution in [1.82, 2.24) is 4.90 Å². The lowest BCUT2D eigenvalue weighted by molar-refractivity contribution is -0.153. The van der Waals surface area contributed by atoms with E-state index >= 15 is 0 Å². The van der Waals surface area contributed by atoms with Crippen molar-refractivity contribution in [3.8, 4) is 0 Å². The minimum Gasteiger partial charge on any atom is -0.393 e. The fourth-order valence-electron chi connectivity index (χ4n) is 3.15. The van der Waals surface area contributed by atoms with Gasteiger partial charge in [-0.1, -0.05) is 15.9 Å². The highest BCUT2D eigenvalue weighted by atomic mass is 79.9. The summed E-state index contributed by atoms with van der Waals surface area (Å²) in [6.07, 6.45) is 4.52. The average Bonchev–Trinajstić information content (AvgIpc) is 2.64. The number of rotatable bonds is 4. The summed E-state index contributed by atoms with van der Waals surface area (Å²) in [5.41, 5.74) is -0.237. The van der Waals surface area contributed by atoms with Gasteiger partial charge in [0, 0.05) is 24.7 Å². The molecule has 1 N–H and O–H groups in total. The van der Waals surface area contributed by atoms with Crippen molar-refractivity contribution in [3.05, 3.63) is 0 Å². The van der Waals surface area contributed by atoms with Gasteiger partial charge < -0.3 is 5.11 Å². The standard InChI is InChI=1S/C13H20BrNO3/c14-5-1-2-6-15-11(17)8-13(9-12(15)18)4-3-10(16)7-13/h10,16H,1-9H2. The van der Waals surface area contributed by atoms with Crippen LogP contribution in [0.5, 0.6) is 0 Å². The number of aliphatic hydroxyl groups is 1. The Kier molecular flexibility index (Phi) is 4.43. The number of unbranched alkanes of at least 4 members (excludes halogenated alkanes) is 1. The summed E-state index contributed by atoms with van der Waals surface area (Å²) in [6.45, 7) is 0.544. The molecule has 2 fully saturated rings. The zero-order chi connectivity index (χ0) is 13.2. The molecule has 0 bridgehead atoms. The lowest BCUT2D eigenvalue weighted by Crippen LogP contribution is -2.47. The number of hydrogen-bond donors (Lipinski definition) is 1. The largest absolute Gasteiger partial charge is 0.393 e. The molecule has 1 aliphatic heterocycles. The second-order valence-corrected chi connectivity index (χ2v) is 6.38. The van der Waals surface area contributed by atoms with E-state index in [1.165, 1.54) is 4.90 Å². The fraction of sp³-hybridized carbons (Fsp3) is 0.846. The Labute approximate surface area is 116 Å². The normalized spacial score (nSPS) is 27.2. The highest BCUT2D eigenvalue weighted by Crippen LogP contribution is 2.47. The van der Waals surface area contributed by atoms with Crippen LogP contribution in [0.2, 0.25) is 0 Å². The number of piperidine rings is 1. The van der Waals surface area contributed by atoms with Gasteiger partial charge in [-0.15, -0.1) is 0 Å². The van der Waals surface area contributed by atoms with E-state index in [2.05, 4.69) is 15.9 Å². The van der Waals surface area contributed by atoms with Crippen LogP contribution < -0.4 is 0 Å². The SMILES string of the molecule is O=C1CC2(CCC(O)C2)CC(=O)N1CCCCBr. The molecule has 0 radical (unpaired) electrons. The molecule has 1 atom stereocenters. The lowest BCUT2D eigenvalue weighted by Gasteiger charge is -2.37. The number of halogens is 1. The predicted molar refractivity (Wildman–Crippen MR) is 71.3 cm³/mol. The molecule has 1 aliphatic carbocycles. The molecule has 5 heteroatoms. The molecule has 102 valence electrons. The third-order valence-electron chi connectivity index (χ3n) is 4.10. The van der Waals surface area contributed by atoms with Crippen molar-refractivity contribution < 1.29 is 14.7 Å². The zero-order valence-electron chi connectivity index (χ0n) is 10.5. The molecule has 2 rings (SSSR count). The number of alkyl halides is 1. The second kappa shape index (κ2) is 5.70. The lowest BCUT2D eigenvalue weighted by atomic mass is 9.76. The number of hydrogen-bond acceptors (Lipinski definition) is 3. The van der Waals surface area contributed by atoms with Crippen LogP contribution in [0.25, 0.3) is 0 Å². The third-order valence-corrected chi connectivity index (χ3v) is 4.66. The van der Waals surface area contributed by atoms with Gasteiger partial charge >= 0.3 is 0 Å². The molecular formula is C13H20BrNO3. The van der Waals surface area contributed by atoms with Gasteiger partial charge in [-0.05, 0) is 37.5 Å². The molecule has 1 spiro atoms. The van der Waals surface area contributed by atoms with Crippen molar-refractivity contribution >= 4 is 27.7 Å². The first kappa shape index (κ1) is 14.0. The monoisotopic (exact) mass is 317 g/mol. The minimum absolute atomic E-state index is 0.0464. The Morgan fingerprint density at radius 3 is 2.44 bits per heavy atom. The van der Waals surface area contributed by atoms with Gasteiger partial charge in [0.1, 0.15) is 0 Å². The topological polar surface area (TPSA) is 57.6 Å². The maximum Gasteiger partial charge on any atom is 0.229 e. The first-order valence-electron chi connectivity index (χ1n) is 6.63. The summed E-state index contributed by atoms with van der Waals surface area (Å²) in [7, 11) is 0. The van der Waals surface area contributed by atoms with Crippen LogP contribution in [0.3, 0.4) is 0 Å². The highest BCUT2D eigenvalue weighted by Gasteiger charge is 2.47. The quantitative estimate of drug-likeness (QED) is 0.489. The number of aliphatic hydroxyl groups excluding tert-OH is 1. The van der Waals surface area contributed by atoms with Gasteiger partial charge in [0.25, 0.3) is 0 Å². The summed E-state index contributed by atoms with van der Waals surface area (Å²) >= 11 is 3.34. The molecule has 1 unspecified atom stereocenters. The summed E-state index contributed by atoms with van der Waals surface area (Å²) in [6, 6.07) is 0. The van der Waals surface area contributed by atoms with Crippen molar-refractivity contribution in [1.29, 1.82) is 0 Å². The molecule has 1 saturated heterocycles. The molecule has 2 amide bonds. The Morgan fingerprint density at radius 2 is 1.94 bits per heavy atom. The van der Waals surface area contributed by atoms with E-state index in [1.807, 2.05) is 0 Å². The summed E-state index contributed by atoms with van der Waals surface area (Å²) in [5.74, 6) is -0.0927. The van der Waals surface area contributed by atoms with Crippen LogP contribution in [-0.2, 0) is 9.59 Å². The van der Waals surface area contributed by atoms with Crippen molar-refractivity contribution in [2.24, 2.45) is 5.41 Å². The molecule has 0 aromatic rings. The van der Waals surface area contributed by atoms with E-state index in [9.17, 15) is 14.7 Å². The van der Waals surface area contributed by atoms with Gasteiger partial charge in [0.2, 0.25) is 11.8 Å². The molecule has 1 saturated carbocycles. The van der Waals surface area contributed by atoms with Gasteiger partial charge in [-0.3, -0.25) is 14.5 Å². The summed E-state index contributed by atoms with van der Waals surface area (Å²) in [5, 5.41) is 10.5. The van der Waals surface area contributed by atoms with Crippen LogP contribution in [0.4, 0.5) is 0 Å². The summed E-state index contributed by atoms with van der Waals surface area (Å²) in [4.78, 5) is 25.6. The van der Waals surface area contributed by atoms with E-state index < -0.39 is 0 Å². The Balaban J connectivity index is 1.95. The number of amides is 2. The van der Waals surface area contributed by atoms with Crippen LogP contribution in [0.1, 0.15) is 44.9 Å². The molecule has 4 nitrogen and oxygen atoms in total. The van der Waals surface area contributed by atoms with Crippen LogP contribution in [0, 0.1) is 5.41 Å².